The molecule has 3 N–H and O–H groups in total. The van der Waals surface area contributed by atoms with Gasteiger partial charge in [-0.05, 0) is 35.0 Å². The van der Waals surface area contributed by atoms with E-state index in [1.807, 2.05) is 0 Å². The van der Waals surface area contributed by atoms with Crippen molar-refractivity contribution in [2.75, 3.05) is 16.8 Å². The van der Waals surface area contributed by atoms with Gasteiger partial charge in [-0.25, -0.2) is 0 Å². The van der Waals surface area contributed by atoms with Crippen LogP contribution in [0.25, 0.3) is 0 Å². The highest BCUT2D eigenvalue weighted by Crippen LogP contribution is 2.39. The lowest BCUT2D eigenvalue weighted by molar-refractivity contribution is -0.132. The van der Waals surface area contributed by atoms with E-state index in [0.717, 1.165) is 0 Å². The molecular weight excluding hydrogens is 342 g/mol. The molecule has 2 unspecified atom stereocenters. The molecule has 1 saturated heterocycles. The summed E-state index contributed by atoms with van der Waals surface area (Å²) in [6.07, 6.45) is -1.20. The van der Waals surface area contributed by atoms with Crippen molar-refractivity contribution in [3.63, 3.8) is 0 Å². The van der Waals surface area contributed by atoms with Gasteiger partial charge in [-0.1, -0.05) is 0 Å². The Hall–Kier alpha value is -1.93. The third-order valence-corrected chi connectivity index (χ3v) is 4.29. The Morgan fingerprint density at radius 1 is 1.24 bits per heavy atom. The van der Waals surface area contributed by atoms with Crippen molar-refractivity contribution in [1.29, 1.82) is 0 Å². The lowest BCUT2D eigenvalue weighted by Crippen LogP contribution is -2.57. The van der Waals surface area contributed by atoms with Crippen molar-refractivity contribution in [1.82, 2.24) is 5.32 Å². The van der Waals surface area contributed by atoms with Crippen molar-refractivity contribution in [2.45, 2.75) is 19.1 Å². The quantitative estimate of drug-likeness (QED) is 0.630. The second kappa shape index (κ2) is 4.81. The number of aliphatic hydroxyl groups excluding tert-OH is 1. The first-order valence-electron chi connectivity index (χ1n) is 6.31. The monoisotopic (exact) mass is 353 g/mol. The number of rotatable bonds is 1. The van der Waals surface area contributed by atoms with E-state index in [-0.39, 0.29) is 18.4 Å². The summed E-state index contributed by atoms with van der Waals surface area (Å²) in [5.41, 5.74) is 1.56. The van der Waals surface area contributed by atoms with E-state index in [9.17, 15) is 19.5 Å². The maximum absolute atomic E-state index is 11.7. The van der Waals surface area contributed by atoms with Crippen LogP contribution >= 0.6 is 15.9 Å². The summed E-state index contributed by atoms with van der Waals surface area (Å²) in [4.78, 5) is 36.4. The number of carbonyl (C=O) groups is 3. The number of hydrogen-bond acceptors (Lipinski definition) is 5. The zero-order chi connectivity index (χ0) is 15.3. The van der Waals surface area contributed by atoms with Gasteiger partial charge in [-0.15, -0.1) is 0 Å². The summed E-state index contributed by atoms with van der Waals surface area (Å²) in [7, 11) is 0. The minimum Gasteiger partial charge on any atom is -0.378 e. The number of anilines is 2. The van der Waals surface area contributed by atoms with Gasteiger partial charge < -0.3 is 15.3 Å². The molecule has 2 aliphatic heterocycles. The standard InChI is InChI=1S/C13H12BrN3O4/c1-5-12(20)16-10(18)4-17(5)9-3-8-6(2-7(9)14)11(19)13(21)15-8/h2-3,5,11,19H,4H2,1H3,(H,15,21)(H,16,18,20). The average Bonchev–Trinajstić information content (AvgIpc) is 2.69. The molecule has 0 saturated carbocycles. The topological polar surface area (TPSA) is 98.7 Å². The molecular formula is C13H12BrN3O4. The number of nitrogens with one attached hydrogen (secondary N) is 2. The van der Waals surface area contributed by atoms with E-state index >= 15 is 0 Å². The molecule has 8 heteroatoms. The van der Waals surface area contributed by atoms with Crippen LogP contribution in [0.4, 0.5) is 11.4 Å². The Morgan fingerprint density at radius 3 is 2.67 bits per heavy atom. The first-order valence-corrected chi connectivity index (χ1v) is 7.10. The molecule has 0 radical (unpaired) electrons. The van der Waals surface area contributed by atoms with Gasteiger partial charge in [0.2, 0.25) is 11.8 Å². The molecule has 2 atom stereocenters. The van der Waals surface area contributed by atoms with E-state index < -0.39 is 18.1 Å². The second-order valence-electron chi connectivity index (χ2n) is 5.00. The largest absolute Gasteiger partial charge is 0.378 e. The number of amides is 3. The minimum atomic E-state index is -1.20. The molecule has 1 fully saturated rings. The molecule has 110 valence electrons. The van der Waals surface area contributed by atoms with E-state index in [1.165, 1.54) is 0 Å². The second-order valence-corrected chi connectivity index (χ2v) is 5.85. The molecule has 1 aromatic carbocycles. The minimum absolute atomic E-state index is 0.0425. The maximum atomic E-state index is 11.7. The number of piperazine rings is 1. The lowest BCUT2D eigenvalue weighted by Gasteiger charge is -2.34. The molecule has 2 aliphatic rings. The van der Waals surface area contributed by atoms with Crippen LogP contribution < -0.4 is 15.5 Å². The van der Waals surface area contributed by atoms with Gasteiger partial charge in [0.15, 0.2) is 6.10 Å². The van der Waals surface area contributed by atoms with Crippen molar-refractivity contribution in [3.8, 4) is 0 Å². The fourth-order valence-corrected chi connectivity index (χ4v) is 3.07. The first-order chi connectivity index (χ1) is 9.88. The van der Waals surface area contributed by atoms with Gasteiger partial charge in [0.05, 0.1) is 12.2 Å². The third kappa shape index (κ3) is 2.20. The van der Waals surface area contributed by atoms with Crippen LogP contribution in [0.3, 0.4) is 0 Å². The lowest BCUT2D eigenvalue weighted by atomic mass is 10.1. The molecule has 3 rings (SSSR count). The SMILES string of the molecule is CC1C(=O)NC(=O)CN1c1cc2c(cc1Br)C(O)C(=O)N2. The van der Waals surface area contributed by atoms with E-state index in [2.05, 4.69) is 26.6 Å². The fourth-order valence-electron chi connectivity index (χ4n) is 2.48. The molecule has 3 amide bonds. The van der Waals surface area contributed by atoms with Crippen LogP contribution in [0.5, 0.6) is 0 Å². The number of benzene rings is 1. The number of carbonyl (C=O) groups excluding carboxylic acids is 3. The van der Waals surface area contributed by atoms with Gasteiger partial charge >= 0.3 is 0 Å². The van der Waals surface area contributed by atoms with Crippen molar-refractivity contribution >= 4 is 45.0 Å². The summed E-state index contributed by atoms with van der Waals surface area (Å²) in [5.74, 6) is -1.24. The molecule has 1 aromatic rings. The van der Waals surface area contributed by atoms with Crippen LogP contribution in [0.15, 0.2) is 16.6 Å². The van der Waals surface area contributed by atoms with Crippen LogP contribution in [-0.2, 0) is 14.4 Å². The summed E-state index contributed by atoms with van der Waals surface area (Å²) >= 11 is 3.37. The van der Waals surface area contributed by atoms with Crippen molar-refractivity contribution in [2.24, 2.45) is 0 Å². The maximum Gasteiger partial charge on any atom is 0.257 e. The predicted molar refractivity (Wildman–Crippen MR) is 77.7 cm³/mol. The Kier molecular flexibility index (Phi) is 3.22. The molecule has 2 heterocycles. The summed E-state index contributed by atoms with van der Waals surface area (Å²) in [6.45, 7) is 1.73. The highest BCUT2D eigenvalue weighted by molar-refractivity contribution is 9.10. The zero-order valence-electron chi connectivity index (χ0n) is 11.0. The summed E-state index contributed by atoms with van der Waals surface area (Å²) in [6, 6.07) is 2.76. The molecule has 0 aromatic heterocycles. The average molecular weight is 354 g/mol. The number of halogens is 1. The number of fused-ring (bicyclic) bond motifs is 1. The van der Waals surface area contributed by atoms with Gasteiger partial charge in [0, 0.05) is 15.7 Å². The Morgan fingerprint density at radius 2 is 1.95 bits per heavy atom. The third-order valence-electron chi connectivity index (χ3n) is 3.65. The molecule has 0 aliphatic carbocycles. The van der Waals surface area contributed by atoms with Crippen LogP contribution in [0, 0.1) is 0 Å². The smallest absolute Gasteiger partial charge is 0.257 e. The van der Waals surface area contributed by atoms with Gasteiger partial charge in [0.25, 0.3) is 5.91 Å². The number of nitrogens with zero attached hydrogens (tertiary/aromatic N) is 1. The highest BCUT2D eigenvalue weighted by Gasteiger charge is 2.34. The van der Waals surface area contributed by atoms with Gasteiger partial charge in [0.1, 0.15) is 6.04 Å². The Balaban J connectivity index is 2.04. The molecule has 7 nitrogen and oxygen atoms in total. The van der Waals surface area contributed by atoms with Crippen LogP contribution in [-0.4, -0.2) is 35.4 Å². The van der Waals surface area contributed by atoms with Crippen LogP contribution in [0.1, 0.15) is 18.6 Å². The van der Waals surface area contributed by atoms with Gasteiger partial charge in [-0.2, -0.15) is 0 Å². The number of aliphatic hydroxyl groups is 1. The van der Waals surface area contributed by atoms with Crippen LogP contribution in [0.2, 0.25) is 0 Å². The molecule has 0 spiro atoms. The fraction of sp³-hybridized carbons (Fsp3) is 0.308. The number of hydrogen-bond donors (Lipinski definition) is 3. The first kappa shape index (κ1) is 14.0. The Labute approximate surface area is 128 Å². The number of imide groups is 1. The highest BCUT2D eigenvalue weighted by atomic mass is 79.9. The molecule has 21 heavy (non-hydrogen) atoms. The predicted octanol–water partition coefficient (Wildman–Crippen LogP) is 0.286. The zero-order valence-corrected chi connectivity index (χ0v) is 12.6. The van der Waals surface area contributed by atoms with Crippen molar-refractivity contribution < 1.29 is 19.5 Å². The van der Waals surface area contributed by atoms with Gasteiger partial charge in [-0.3, -0.25) is 19.7 Å². The summed E-state index contributed by atoms with van der Waals surface area (Å²) in [5, 5.41) is 14.6. The molecule has 0 bridgehead atoms. The normalized spacial score (nSPS) is 24.7. The van der Waals surface area contributed by atoms with E-state index in [1.54, 1.807) is 24.0 Å². The Bertz CT molecular complexity index is 676. The summed E-state index contributed by atoms with van der Waals surface area (Å²) < 4.78 is 0.603. The van der Waals surface area contributed by atoms with E-state index in [4.69, 9.17) is 0 Å². The van der Waals surface area contributed by atoms with E-state index in [0.29, 0.717) is 21.4 Å². The van der Waals surface area contributed by atoms with Crippen molar-refractivity contribution in [3.05, 3.63) is 22.2 Å².